The number of hydrogen-bond donors (Lipinski definition) is 1. The lowest BCUT2D eigenvalue weighted by Gasteiger charge is -2.04. The van der Waals surface area contributed by atoms with Crippen molar-refractivity contribution < 1.29 is 8.42 Å². The highest BCUT2D eigenvalue weighted by molar-refractivity contribution is 14.1. The van der Waals surface area contributed by atoms with E-state index in [0.717, 1.165) is 6.26 Å². The Labute approximate surface area is 95.3 Å². The van der Waals surface area contributed by atoms with Gasteiger partial charge in [0.05, 0.1) is 15.6 Å². The van der Waals surface area contributed by atoms with Crippen molar-refractivity contribution in [2.24, 2.45) is 0 Å². The van der Waals surface area contributed by atoms with Gasteiger partial charge in [0, 0.05) is 9.83 Å². The van der Waals surface area contributed by atoms with Gasteiger partial charge >= 0.3 is 0 Å². The predicted molar refractivity (Wildman–Crippen MR) is 61.7 cm³/mol. The molecule has 0 amide bonds. The molecule has 0 spiro atoms. The lowest BCUT2D eigenvalue weighted by Crippen LogP contribution is -2.00. The average molecular weight is 332 g/mol. The van der Waals surface area contributed by atoms with Crippen molar-refractivity contribution >= 4 is 49.7 Å². The molecule has 72 valence electrons. The van der Waals surface area contributed by atoms with E-state index in [1.807, 2.05) is 22.6 Å². The Morgan fingerprint density at radius 2 is 2.00 bits per heavy atom. The van der Waals surface area contributed by atoms with Crippen LogP contribution < -0.4 is 5.73 Å². The maximum atomic E-state index is 11.1. The second-order valence-electron chi connectivity index (χ2n) is 2.57. The Hall–Kier alpha value is -0.0100. The third kappa shape index (κ3) is 2.47. The first kappa shape index (κ1) is 11.1. The van der Waals surface area contributed by atoms with Gasteiger partial charge in [-0.3, -0.25) is 0 Å². The fraction of sp³-hybridized carbons (Fsp3) is 0.143. The van der Waals surface area contributed by atoms with Crippen LogP contribution in [0.4, 0.5) is 5.69 Å². The molecule has 1 aromatic carbocycles. The summed E-state index contributed by atoms with van der Waals surface area (Å²) in [4.78, 5) is 0.191. The maximum Gasteiger partial charge on any atom is 0.175 e. The van der Waals surface area contributed by atoms with Gasteiger partial charge in [0.2, 0.25) is 0 Å². The van der Waals surface area contributed by atoms with Gasteiger partial charge in [-0.15, -0.1) is 0 Å². The standard InChI is InChI=1S/C7H7ClINO2S/c1-13(11,12)4-2-5(8)7(10)6(9)3-4/h2-3H,10H2,1H3. The van der Waals surface area contributed by atoms with Crippen LogP contribution in [0.25, 0.3) is 0 Å². The first-order valence-electron chi connectivity index (χ1n) is 3.27. The Morgan fingerprint density at radius 1 is 1.46 bits per heavy atom. The van der Waals surface area contributed by atoms with Crippen molar-refractivity contribution in [2.45, 2.75) is 4.90 Å². The smallest absolute Gasteiger partial charge is 0.175 e. The quantitative estimate of drug-likeness (QED) is 0.632. The normalized spacial score (nSPS) is 11.6. The zero-order valence-corrected chi connectivity index (χ0v) is 10.4. The van der Waals surface area contributed by atoms with E-state index in [2.05, 4.69) is 0 Å². The molecule has 0 saturated heterocycles. The number of anilines is 1. The molecule has 0 heterocycles. The monoisotopic (exact) mass is 331 g/mol. The van der Waals surface area contributed by atoms with Crippen LogP contribution >= 0.6 is 34.2 Å². The number of nitrogen functional groups attached to an aromatic ring is 1. The molecule has 6 heteroatoms. The maximum absolute atomic E-state index is 11.1. The summed E-state index contributed by atoms with van der Waals surface area (Å²) >= 11 is 7.67. The van der Waals surface area contributed by atoms with E-state index in [1.54, 1.807) is 0 Å². The van der Waals surface area contributed by atoms with Crippen LogP contribution in [0.1, 0.15) is 0 Å². The van der Waals surface area contributed by atoms with Gasteiger partial charge in [-0.1, -0.05) is 11.6 Å². The number of benzene rings is 1. The van der Waals surface area contributed by atoms with Crippen LogP contribution in [-0.4, -0.2) is 14.7 Å². The van der Waals surface area contributed by atoms with Gasteiger partial charge in [-0.05, 0) is 34.7 Å². The molecular weight excluding hydrogens is 325 g/mol. The van der Waals surface area contributed by atoms with Gasteiger partial charge in [0.15, 0.2) is 9.84 Å². The highest BCUT2D eigenvalue weighted by Gasteiger charge is 2.11. The minimum Gasteiger partial charge on any atom is -0.397 e. The third-order valence-electron chi connectivity index (χ3n) is 1.48. The Kier molecular flexibility index (Phi) is 3.09. The summed E-state index contributed by atoms with van der Waals surface area (Å²) in [6, 6.07) is 2.85. The number of rotatable bonds is 1. The molecule has 3 nitrogen and oxygen atoms in total. The first-order chi connectivity index (χ1) is 5.82. The fourth-order valence-corrected chi connectivity index (χ4v) is 2.72. The molecule has 0 aliphatic carbocycles. The minimum atomic E-state index is -3.21. The van der Waals surface area contributed by atoms with Crippen molar-refractivity contribution in [2.75, 3.05) is 12.0 Å². The van der Waals surface area contributed by atoms with E-state index in [9.17, 15) is 8.42 Å². The van der Waals surface area contributed by atoms with Crippen LogP contribution in [0.2, 0.25) is 5.02 Å². The molecule has 0 aromatic heterocycles. The van der Waals surface area contributed by atoms with Gasteiger partial charge in [-0.2, -0.15) is 0 Å². The molecule has 2 N–H and O–H groups in total. The van der Waals surface area contributed by atoms with Gasteiger partial charge in [0.25, 0.3) is 0 Å². The van der Waals surface area contributed by atoms with E-state index < -0.39 is 9.84 Å². The van der Waals surface area contributed by atoms with E-state index in [4.69, 9.17) is 17.3 Å². The molecule has 1 rings (SSSR count). The summed E-state index contributed by atoms with van der Waals surface area (Å²) in [6.45, 7) is 0. The summed E-state index contributed by atoms with van der Waals surface area (Å²) in [5, 5.41) is 0.271. The van der Waals surface area contributed by atoms with E-state index in [-0.39, 0.29) is 9.92 Å². The highest BCUT2D eigenvalue weighted by Crippen LogP contribution is 2.28. The number of hydrogen-bond acceptors (Lipinski definition) is 3. The lowest BCUT2D eigenvalue weighted by molar-refractivity contribution is 0.602. The molecule has 0 atom stereocenters. The van der Waals surface area contributed by atoms with Crippen LogP contribution in [-0.2, 0) is 9.84 Å². The average Bonchev–Trinajstić information content (AvgIpc) is 1.97. The van der Waals surface area contributed by atoms with Crippen molar-refractivity contribution in [3.8, 4) is 0 Å². The molecule has 13 heavy (non-hydrogen) atoms. The van der Waals surface area contributed by atoms with Crippen LogP contribution in [0.3, 0.4) is 0 Å². The second kappa shape index (κ2) is 3.62. The third-order valence-corrected chi connectivity index (χ3v) is 3.78. The molecule has 0 fully saturated rings. The summed E-state index contributed by atoms with van der Waals surface area (Å²) in [6.07, 6.45) is 1.13. The predicted octanol–water partition coefficient (Wildman–Crippen LogP) is 1.93. The zero-order valence-electron chi connectivity index (χ0n) is 6.71. The Bertz CT molecular complexity index is 421. The van der Waals surface area contributed by atoms with E-state index in [1.165, 1.54) is 12.1 Å². The fourth-order valence-electron chi connectivity index (χ4n) is 0.775. The molecule has 1 aromatic rings. The summed E-state index contributed by atoms with van der Waals surface area (Å²) in [5.41, 5.74) is 5.97. The SMILES string of the molecule is CS(=O)(=O)c1cc(Cl)c(N)c(I)c1. The molecule has 0 aliphatic rings. The molecule has 0 aliphatic heterocycles. The first-order valence-corrected chi connectivity index (χ1v) is 6.62. The van der Waals surface area contributed by atoms with Crippen molar-refractivity contribution in [1.29, 1.82) is 0 Å². The zero-order chi connectivity index (χ0) is 10.2. The van der Waals surface area contributed by atoms with E-state index >= 15 is 0 Å². The number of sulfone groups is 1. The van der Waals surface area contributed by atoms with Gasteiger partial charge < -0.3 is 5.73 Å². The van der Waals surface area contributed by atoms with E-state index in [0.29, 0.717) is 9.26 Å². The molecule has 0 radical (unpaired) electrons. The van der Waals surface area contributed by atoms with Crippen LogP contribution in [0.5, 0.6) is 0 Å². The lowest BCUT2D eigenvalue weighted by atomic mass is 10.3. The number of nitrogens with two attached hydrogens (primary N) is 1. The van der Waals surface area contributed by atoms with Crippen molar-refractivity contribution in [1.82, 2.24) is 0 Å². The largest absolute Gasteiger partial charge is 0.397 e. The van der Waals surface area contributed by atoms with Crippen LogP contribution in [0, 0.1) is 3.57 Å². The highest BCUT2D eigenvalue weighted by atomic mass is 127. The summed E-state index contributed by atoms with van der Waals surface area (Å²) in [5.74, 6) is 0. The Balaban J connectivity index is 3.47. The molecule has 0 bridgehead atoms. The summed E-state index contributed by atoms with van der Waals surface area (Å²) in [7, 11) is -3.21. The van der Waals surface area contributed by atoms with Crippen LogP contribution in [0.15, 0.2) is 17.0 Å². The van der Waals surface area contributed by atoms with Crippen molar-refractivity contribution in [3.63, 3.8) is 0 Å². The molecule has 0 saturated carbocycles. The minimum absolute atomic E-state index is 0.191. The summed E-state index contributed by atoms with van der Waals surface area (Å²) < 4.78 is 22.9. The van der Waals surface area contributed by atoms with Gasteiger partial charge in [-0.25, -0.2) is 8.42 Å². The topological polar surface area (TPSA) is 60.2 Å². The second-order valence-corrected chi connectivity index (χ2v) is 6.16. The van der Waals surface area contributed by atoms with Crippen molar-refractivity contribution in [3.05, 3.63) is 20.7 Å². The molecule has 0 unspecified atom stereocenters. The molecular formula is C7H7ClINO2S. The number of halogens is 2. The Morgan fingerprint density at radius 3 is 2.38 bits per heavy atom. The van der Waals surface area contributed by atoms with Gasteiger partial charge in [0.1, 0.15) is 0 Å².